The molecule has 0 aliphatic rings. The lowest BCUT2D eigenvalue weighted by atomic mass is 10.3. The van der Waals surface area contributed by atoms with Crippen LogP contribution in [0.15, 0.2) is 22.4 Å². The highest BCUT2D eigenvalue weighted by atomic mass is 32.2. The standard InChI is InChI=1S/C13H15NO4S3/c1-3-9-4-5-10(20-9)6-14-21(17,18)12-8(2)7-19-11(12)13(15)16/h4-5,7,14H,3,6H2,1-2H3,(H,15,16). The molecule has 0 saturated heterocycles. The Morgan fingerprint density at radius 3 is 2.57 bits per heavy atom. The van der Waals surface area contributed by atoms with Crippen molar-refractivity contribution in [2.24, 2.45) is 0 Å². The molecule has 2 heterocycles. The first kappa shape index (κ1) is 16.2. The molecule has 0 radical (unpaired) electrons. The number of aryl methyl sites for hydroxylation is 2. The van der Waals surface area contributed by atoms with Crippen molar-refractivity contribution in [1.29, 1.82) is 0 Å². The molecular weight excluding hydrogens is 330 g/mol. The Hall–Kier alpha value is -1.22. The number of nitrogens with one attached hydrogen (secondary N) is 1. The Morgan fingerprint density at radius 1 is 1.33 bits per heavy atom. The molecule has 0 aliphatic heterocycles. The molecule has 0 saturated carbocycles. The van der Waals surface area contributed by atoms with E-state index in [1.807, 2.05) is 19.1 Å². The Balaban J connectivity index is 2.22. The van der Waals surface area contributed by atoms with Crippen molar-refractivity contribution in [2.45, 2.75) is 31.7 Å². The van der Waals surface area contributed by atoms with Crippen molar-refractivity contribution in [3.8, 4) is 0 Å². The van der Waals surface area contributed by atoms with Crippen LogP contribution in [0.25, 0.3) is 0 Å². The first-order valence-corrected chi connectivity index (χ1v) is 9.41. The van der Waals surface area contributed by atoms with Crippen molar-refractivity contribution in [2.75, 3.05) is 0 Å². The molecule has 0 atom stereocenters. The van der Waals surface area contributed by atoms with Crippen LogP contribution in [0.5, 0.6) is 0 Å². The van der Waals surface area contributed by atoms with Gasteiger partial charge in [-0.3, -0.25) is 0 Å². The monoisotopic (exact) mass is 345 g/mol. The summed E-state index contributed by atoms with van der Waals surface area (Å²) in [7, 11) is -3.83. The van der Waals surface area contributed by atoms with Crippen LogP contribution in [-0.2, 0) is 23.0 Å². The van der Waals surface area contributed by atoms with Crippen LogP contribution in [0, 0.1) is 6.92 Å². The number of carboxylic acid groups (broad SMARTS) is 1. The SMILES string of the molecule is CCc1ccc(CNS(=O)(=O)c2c(C)csc2C(=O)O)s1. The summed E-state index contributed by atoms with van der Waals surface area (Å²) in [5.74, 6) is -1.22. The van der Waals surface area contributed by atoms with Gasteiger partial charge in [-0.2, -0.15) is 0 Å². The molecule has 0 aliphatic carbocycles. The normalized spacial score (nSPS) is 11.7. The maximum atomic E-state index is 12.3. The summed E-state index contributed by atoms with van der Waals surface area (Å²) < 4.78 is 27.1. The van der Waals surface area contributed by atoms with Crippen LogP contribution in [0.1, 0.15) is 31.9 Å². The number of hydrogen-bond donors (Lipinski definition) is 2. The maximum Gasteiger partial charge on any atom is 0.347 e. The van der Waals surface area contributed by atoms with Crippen LogP contribution in [0.2, 0.25) is 0 Å². The van der Waals surface area contributed by atoms with E-state index in [4.69, 9.17) is 5.11 Å². The summed E-state index contributed by atoms with van der Waals surface area (Å²) in [5, 5.41) is 10.6. The van der Waals surface area contributed by atoms with Crippen LogP contribution >= 0.6 is 22.7 Å². The van der Waals surface area contributed by atoms with Gasteiger partial charge in [-0.05, 0) is 36.4 Å². The van der Waals surface area contributed by atoms with Crippen molar-refractivity contribution >= 4 is 38.7 Å². The summed E-state index contributed by atoms with van der Waals surface area (Å²) in [6.07, 6.45) is 0.907. The molecule has 0 amide bonds. The molecule has 0 spiro atoms. The fourth-order valence-corrected chi connectivity index (χ4v) is 5.48. The number of rotatable bonds is 6. The quantitative estimate of drug-likeness (QED) is 0.843. The van der Waals surface area contributed by atoms with Crippen LogP contribution in [0.4, 0.5) is 0 Å². The lowest BCUT2D eigenvalue weighted by Crippen LogP contribution is -2.24. The average Bonchev–Trinajstić information content (AvgIpc) is 3.02. The van der Waals surface area contributed by atoms with Gasteiger partial charge in [0.1, 0.15) is 9.77 Å². The zero-order valence-electron chi connectivity index (χ0n) is 11.5. The Kier molecular flexibility index (Phi) is 4.82. The fourth-order valence-electron chi connectivity index (χ4n) is 1.86. The molecule has 0 fully saturated rings. The highest BCUT2D eigenvalue weighted by molar-refractivity contribution is 7.89. The van der Waals surface area contributed by atoms with Crippen LogP contribution < -0.4 is 4.72 Å². The highest BCUT2D eigenvalue weighted by Crippen LogP contribution is 2.27. The van der Waals surface area contributed by atoms with Gasteiger partial charge in [0.2, 0.25) is 10.0 Å². The van der Waals surface area contributed by atoms with Gasteiger partial charge in [0, 0.05) is 16.3 Å². The van der Waals surface area contributed by atoms with E-state index >= 15 is 0 Å². The molecule has 114 valence electrons. The van der Waals surface area contributed by atoms with Gasteiger partial charge in [-0.15, -0.1) is 22.7 Å². The van der Waals surface area contributed by atoms with E-state index in [0.717, 1.165) is 22.6 Å². The van der Waals surface area contributed by atoms with Crippen molar-refractivity contribution in [1.82, 2.24) is 4.72 Å². The lowest BCUT2D eigenvalue weighted by molar-refractivity contribution is 0.0698. The first-order chi connectivity index (χ1) is 9.85. The number of hydrogen-bond acceptors (Lipinski definition) is 5. The third-order valence-corrected chi connectivity index (χ3v) is 6.92. The third kappa shape index (κ3) is 3.52. The molecule has 0 unspecified atom stereocenters. The van der Waals surface area contributed by atoms with E-state index in [0.29, 0.717) is 5.56 Å². The predicted molar refractivity (Wildman–Crippen MR) is 83.7 cm³/mol. The molecule has 8 heteroatoms. The zero-order valence-corrected chi connectivity index (χ0v) is 14.0. The average molecular weight is 345 g/mol. The minimum atomic E-state index is -3.83. The summed E-state index contributed by atoms with van der Waals surface area (Å²) in [4.78, 5) is 12.9. The lowest BCUT2D eigenvalue weighted by Gasteiger charge is -2.06. The van der Waals surface area contributed by atoms with Gasteiger partial charge in [0.15, 0.2) is 0 Å². The number of sulfonamides is 1. The second-order valence-corrected chi connectivity index (χ2v) is 8.26. The smallest absolute Gasteiger partial charge is 0.347 e. The summed E-state index contributed by atoms with van der Waals surface area (Å²) in [6, 6.07) is 3.84. The van der Waals surface area contributed by atoms with E-state index in [-0.39, 0.29) is 16.3 Å². The first-order valence-electron chi connectivity index (χ1n) is 6.23. The number of carbonyl (C=O) groups is 1. The Morgan fingerprint density at radius 2 is 2.00 bits per heavy atom. The molecule has 0 aromatic carbocycles. The molecule has 0 bridgehead atoms. The molecule has 2 N–H and O–H groups in total. The fraction of sp³-hybridized carbons (Fsp3) is 0.308. The van der Waals surface area contributed by atoms with E-state index in [2.05, 4.69) is 4.72 Å². The minimum absolute atomic E-state index is 0.132. The summed E-state index contributed by atoms with van der Waals surface area (Å²) in [5.41, 5.74) is 0.449. The summed E-state index contributed by atoms with van der Waals surface area (Å²) >= 11 is 2.47. The number of carboxylic acids is 1. The van der Waals surface area contributed by atoms with Gasteiger partial charge in [-0.25, -0.2) is 17.9 Å². The van der Waals surface area contributed by atoms with Gasteiger partial charge in [0.05, 0.1) is 0 Å². The van der Waals surface area contributed by atoms with Crippen molar-refractivity contribution < 1.29 is 18.3 Å². The van der Waals surface area contributed by atoms with Crippen molar-refractivity contribution in [3.05, 3.63) is 37.7 Å². The van der Waals surface area contributed by atoms with E-state index < -0.39 is 16.0 Å². The Bertz CT molecular complexity index is 758. The molecule has 2 rings (SSSR count). The van der Waals surface area contributed by atoms with Crippen LogP contribution in [-0.4, -0.2) is 19.5 Å². The van der Waals surface area contributed by atoms with Crippen LogP contribution in [0.3, 0.4) is 0 Å². The van der Waals surface area contributed by atoms with Gasteiger partial charge in [0.25, 0.3) is 0 Å². The number of aromatic carboxylic acids is 1. The predicted octanol–water partition coefficient (Wildman–Crippen LogP) is 2.86. The zero-order chi connectivity index (χ0) is 15.6. The molecule has 5 nitrogen and oxygen atoms in total. The second-order valence-electron chi connectivity index (χ2n) is 4.43. The molecule has 21 heavy (non-hydrogen) atoms. The summed E-state index contributed by atoms with van der Waals surface area (Å²) in [6.45, 7) is 3.80. The van der Waals surface area contributed by atoms with E-state index in [9.17, 15) is 13.2 Å². The van der Waals surface area contributed by atoms with Gasteiger partial charge >= 0.3 is 5.97 Å². The largest absolute Gasteiger partial charge is 0.477 e. The molecule has 2 aromatic heterocycles. The van der Waals surface area contributed by atoms with E-state index in [1.54, 1.807) is 23.6 Å². The Labute approximate surface area is 131 Å². The molecule has 2 aromatic rings. The minimum Gasteiger partial charge on any atom is -0.477 e. The number of thiophene rings is 2. The van der Waals surface area contributed by atoms with E-state index in [1.165, 1.54) is 4.88 Å². The topological polar surface area (TPSA) is 83.5 Å². The molecular formula is C13H15NO4S3. The third-order valence-electron chi connectivity index (χ3n) is 2.88. The highest BCUT2D eigenvalue weighted by Gasteiger charge is 2.26. The van der Waals surface area contributed by atoms with Crippen molar-refractivity contribution in [3.63, 3.8) is 0 Å². The van der Waals surface area contributed by atoms with Gasteiger partial charge < -0.3 is 5.11 Å². The second kappa shape index (κ2) is 6.27. The maximum absolute atomic E-state index is 12.3. The van der Waals surface area contributed by atoms with Gasteiger partial charge in [-0.1, -0.05) is 6.92 Å².